The van der Waals surface area contributed by atoms with Crippen LogP contribution in [0.2, 0.25) is 0 Å². The van der Waals surface area contributed by atoms with Crippen LogP contribution in [-0.2, 0) is 67.1 Å². The largest absolute Gasteiger partial charge is 0.481 e. The molecule has 18 N–H and O–H groups in total. The second-order valence-electron chi connectivity index (χ2n) is 17.3. The van der Waals surface area contributed by atoms with Crippen LogP contribution in [0.25, 0.3) is 0 Å². The van der Waals surface area contributed by atoms with Crippen LogP contribution in [0, 0.1) is 5.92 Å². The SMILES string of the molecule is CC(C)C[C@H]1NC(=O)[C@@H](N)CCCCNC(=O)[C@H](CCC(N)=O)NC(=O)[C@H](CCC(=O)O)NC(=O)CNC(=O)[C@H]([C@@H](C)O)NC(=O)[C@H](CCC(=O)O)NC(=O)[C@H](CCC(=O)O)NC(=O)[C@H](CC(=O)O)NC1=O. The van der Waals surface area contributed by atoms with Crippen molar-refractivity contribution in [2.45, 2.75) is 159 Å². The lowest BCUT2D eigenvalue weighted by molar-refractivity contribution is -0.142. The van der Waals surface area contributed by atoms with Gasteiger partial charge in [0.15, 0.2) is 0 Å². The van der Waals surface area contributed by atoms with Crippen LogP contribution >= 0.6 is 0 Å². The molecule has 1 rings (SSSR count). The van der Waals surface area contributed by atoms with Gasteiger partial charge in [0.2, 0.25) is 59.1 Å². The van der Waals surface area contributed by atoms with Crippen LogP contribution in [-0.4, -0.2) is 176 Å². The number of hydrogen-bond acceptors (Lipinski definition) is 16. The van der Waals surface area contributed by atoms with Gasteiger partial charge in [-0.15, -0.1) is 0 Å². The quantitative estimate of drug-likeness (QED) is 0.0645. The molecule has 72 heavy (non-hydrogen) atoms. The molecular weight excluding hydrogens is 963 g/mol. The van der Waals surface area contributed by atoms with Gasteiger partial charge < -0.3 is 84.9 Å². The Morgan fingerprint density at radius 2 is 0.931 bits per heavy atom. The Labute approximate surface area is 412 Å². The summed E-state index contributed by atoms with van der Waals surface area (Å²) in [6.07, 6.45) is -7.71. The number of carboxylic acid groups (broad SMARTS) is 4. The third kappa shape index (κ3) is 24.9. The van der Waals surface area contributed by atoms with E-state index >= 15 is 0 Å². The van der Waals surface area contributed by atoms with E-state index < -0.39 is 195 Å². The molecule has 0 unspecified atom stereocenters. The minimum absolute atomic E-state index is 0.0205. The third-order valence-electron chi connectivity index (χ3n) is 10.6. The second kappa shape index (κ2) is 31.7. The molecule has 0 bridgehead atoms. The topological polar surface area (TPSA) is 500 Å². The highest BCUT2D eigenvalue weighted by molar-refractivity contribution is 5.99. The molecule has 9 atom stereocenters. The van der Waals surface area contributed by atoms with Crippen molar-refractivity contribution in [1.29, 1.82) is 0 Å². The molecule has 1 aliphatic heterocycles. The Hall–Kier alpha value is -7.50. The summed E-state index contributed by atoms with van der Waals surface area (Å²) < 4.78 is 0. The highest BCUT2D eigenvalue weighted by atomic mass is 16.4. The summed E-state index contributed by atoms with van der Waals surface area (Å²) in [5.74, 6) is -17.4. The van der Waals surface area contributed by atoms with Gasteiger partial charge in [0.25, 0.3) is 0 Å². The van der Waals surface area contributed by atoms with E-state index in [9.17, 15) is 92.7 Å². The summed E-state index contributed by atoms with van der Waals surface area (Å²) in [4.78, 5) is 179. The van der Waals surface area contributed by atoms with E-state index in [1.165, 1.54) is 0 Å². The van der Waals surface area contributed by atoms with Gasteiger partial charge >= 0.3 is 23.9 Å². The highest BCUT2D eigenvalue weighted by Crippen LogP contribution is 2.11. The molecule has 0 aromatic carbocycles. The number of carbonyl (C=O) groups is 14. The highest BCUT2D eigenvalue weighted by Gasteiger charge is 2.36. The molecule has 30 heteroatoms. The Kier molecular flexibility index (Phi) is 27.5. The average Bonchev–Trinajstić information content (AvgIpc) is 3.27. The number of rotatable bonds is 17. The number of primary amides is 1. The molecule has 1 aliphatic rings. The zero-order valence-electron chi connectivity index (χ0n) is 40.0. The summed E-state index contributed by atoms with van der Waals surface area (Å²) in [5.41, 5.74) is 11.4. The lowest BCUT2D eigenvalue weighted by Gasteiger charge is -2.27. The number of amides is 10. The number of aliphatic hydroxyl groups excluding tert-OH is 1. The van der Waals surface area contributed by atoms with Gasteiger partial charge in [0.1, 0.15) is 42.3 Å². The van der Waals surface area contributed by atoms with E-state index in [-0.39, 0.29) is 44.6 Å². The van der Waals surface area contributed by atoms with Crippen LogP contribution in [0.5, 0.6) is 0 Å². The van der Waals surface area contributed by atoms with Gasteiger partial charge in [-0.1, -0.05) is 13.8 Å². The zero-order valence-corrected chi connectivity index (χ0v) is 40.0. The Bertz CT molecular complexity index is 2000. The van der Waals surface area contributed by atoms with Crippen molar-refractivity contribution in [3.05, 3.63) is 0 Å². The first-order valence-corrected chi connectivity index (χ1v) is 22.9. The molecule has 0 radical (unpaired) electrons. The van der Waals surface area contributed by atoms with Crippen molar-refractivity contribution in [1.82, 2.24) is 47.9 Å². The van der Waals surface area contributed by atoms with Gasteiger partial charge in [0.05, 0.1) is 25.1 Å². The first kappa shape index (κ1) is 62.5. The lowest BCUT2D eigenvalue weighted by Crippen LogP contribution is -2.61. The molecule has 404 valence electrons. The van der Waals surface area contributed by atoms with Crippen LogP contribution in [0.3, 0.4) is 0 Å². The smallest absolute Gasteiger partial charge is 0.305 e. The Balaban J connectivity index is 3.80. The van der Waals surface area contributed by atoms with Crippen molar-refractivity contribution in [2.75, 3.05) is 13.1 Å². The van der Waals surface area contributed by atoms with Gasteiger partial charge in [-0.25, -0.2) is 0 Å². The van der Waals surface area contributed by atoms with E-state index in [0.29, 0.717) is 0 Å². The maximum Gasteiger partial charge on any atom is 0.305 e. The summed E-state index contributed by atoms with van der Waals surface area (Å²) in [7, 11) is 0. The fraction of sp³-hybridized carbons (Fsp3) is 0.667. The van der Waals surface area contributed by atoms with Gasteiger partial charge in [-0.3, -0.25) is 67.1 Å². The van der Waals surface area contributed by atoms with Gasteiger partial charge in [0, 0.05) is 32.2 Å². The minimum atomic E-state index is -1.98. The molecule has 10 amide bonds. The second-order valence-corrected chi connectivity index (χ2v) is 17.3. The predicted octanol–water partition coefficient (Wildman–Crippen LogP) is -6.11. The third-order valence-corrected chi connectivity index (χ3v) is 10.6. The molecule has 1 saturated heterocycles. The summed E-state index contributed by atoms with van der Waals surface area (Å²) >= 11 is 0. The van der Waals surface area contributed by atoms with Crippen molar-refractivity contribution < 1.29 is 92.7 Å². The number of hydrogen-bond donors (Lipinski definition) is 16. The first-order chi connectivity index (χ1) is 33.6. The fourth-order valence-corrected chi connectivity index (χ4v) is 6.76. The monoisotopic (exact) mass is 1030 g/mol. The van der Waals surface area contributed by atoms with Crippen molar-refractivity contribution in [2.24, 2.45) is 17.4 Å². The molecule has 1 heterocycles. The van der Waals surface area contributed by atoms with E-state index in [0.717, 1.165) is 6.92 Å². The minimum Gasteiger partial charge on any atom is -0.481 e. The van der Waals surface area contributed by atoms with Crippen molar-refractivity contribution in [3.8, 4) is 0 Å². The molecule has 1 fully saturated rings. The maximum atomic E-state index is 13.7. The zero-order chi connectivity index (χ0) is 54.8. The summed E-state index contributed by atoms with van der Waals surface area (Å²) in [6, 6.07) is -13.6. The molecule has 0 aromatic heterocycles. The van der Waals surface area contributed by atoms with E-state index in [1.54, 1.807) is 13.8 Å². The van der Waals surface area contributed by atoms with Crippen molar-refractivity contribution >= 4 is 82.9 Å². The van der Waals surface area contributed by atoms with E-state index in [1.807, 2.05) is 0 Å². The van der Waals surface area contributed by atoms with Crippen LogP contribution in [0.15, 0.2) is 0 Å². The number of aliphatic hydroxyl groups is 1. The standard InChI is InChI=1S/C42H67N11O19/c1-19(2)16-26-40(70)52-27(17-33(63)64)41(71)50-24(9-13-31(59)60)38(68)49-25(10-14-32(61)62)39(69)53-34(20(3)54)42(72)46-18-29(56)47-23(8-12-30(57)58)37(67)48-22(7-11-28(44)55)36(66)45-15-5-4-6-21(43)35(65)51-26/h19-27,34,54H,4-18,43H2,1-3H3,(H2,44,55)(H,45,66)(H,46,72)(H,47,56)(H,48,67)(H,49,68)(H,50,71)(H,51,65)(H,52,70)(H,53,69)(H,57,58)(H,59,60)(H,61,62)(H,63,64)/t20-,21+,22+,23+,24+,25+,26-,27+,34+/m1/s1. The summed E-state index contributed by atoms with van der Waals surface area (Å²) in [6.45, 7) is 3.30. The number of nitrogens with one attached hydrogen (secondary N) is 9. The van der Waals surface area contributed by atoms with Crippen LogP contribution in [0.1, 0.15) is 104 Å². The number of nitrogens with two attached hydrogens (primary N) is 2. The fourth-order valence-electron chi connectivity index (χ4n) is 6.76. The van der Waals surface area contributed by atoms with E-state index in [4.69, 9.17) is 11.5 Å². The van der Waals surface area contributed by atoms with Crippen LogP contribution < -0.4 is 59.3 Å². The van der Waals surface area contributed by atoms with E-state index in [2.05, 4.69) is 47.9 Å². The Morgan fingerprint density at radius 3 is 1.39 bits per heavy atom. The molecule has 0 saturated carbocycles. The normalized spacial score (nSPS) is 24.9. The van der Waals surface area contributed by atoms with Crippen molar-refractivity contribution in [3.63, 3.8) is 0 Å². The molecule has 0 spiro atoms. The van der Waals surface area contributed by atoms with Crippen LogP contribution in [0.4, 0.5) is 0 Å². The number of carboxylic acids is 4. The predicted molar refractivity (Wildman–Crippen MR) is 244 cm³/mol. The molecule has 30 nitrogen and oxygen atoms in total. The van der Waals surface area contributed by atoms with Gasteiger partial charge in [-0.05, 0) is 64.2 Å². The Morgan fingerprint density at radius 1 is 0.514 bits per heavy atom. The summed E-state index contributed by atoms with van der Waals surface area (Å²) in [5, 5.41) is 68.5. The average molecular weight is 1030 g/mol. The maximum absolute atomic E-state index is 13.7. The lowest BCUT2D eigenvalue weighted by atomic mass is 10.0. The van der Waals surface area contributed by atoms with Gasteiger partial charge in [-0.2, -0.15) is 0 Å². The molecule has 0 aromatic rings. The number of aliphatic carboxylic acids is 4. The molecular formula is C42H67N11O19. The number of carbonyl (C=O) groups excluding carboxylic acids is 10. The first-order valence-electron chi connectivity index (χ1n) is 22.9. The molecule has 0 aliphatic carbocycles.